The first-order chi connectivity index (χ1) is 8.70. The summed E-state index contributed by atoms with van der Waals surface area (Å²) in [4.78, 5) is 2.39. The summed E-state index contributed by atoms with van der Waals surface area (Å²) >= 11 is 6.09. The van der Waals surface area contributed by atoms with Gasteiger partial charge in [0.25, 0.3) is 0 Å². The van der Waals surface area contributed by atoms with Gasteiger partial charge in [-0.3, -0.25) is 4.90 Å². The number of nitrogens with zero attached hydrogens (tertiary/aromatic N) is 1. The standard InChI is InChI=1S/C14H17ClFNO/c15-11-3-5-17(6-4-11)9-13-8-10-7-12(16)1-2-14(10)18-13/h1-2,7,11,13H,3-6,8-9H2. The fourth-order valence-corrected chi connectivity index (χ4v) is 2.96. The Hall–Kier alpha value is -0.800. The Bertz CT molecular complexity index is 432. The van der Waals surface area contributed by atoms with Crippen molar-refractivity contribution < 1.29 is 9.13 Å². The van der Waals surface area contributed by atoms with Gasteiger partial charge in [0.05, 0.1) is 0 Å². The number of hydrogen-bond acceptors (Lipinski definition) is 2. The van der Waals surface area contributed by atoms with E-state index >= 15 is 0 Å². The third kappa shape index (κ3) is 2.62. The van der Waals surface area contributed by atoms with Crippen molar-refractivity contribution in [1.29, 1.82) is 0 Å². The van der Waals surface area contributed by atoms with Crippen LogP contribution in [0, 0.1) is 5.82 Å². The largest absolute Gasteiger partial charge is 0.488 e. The van der Waals surface area contributed by atoms with Gasteiger partial charge in [0.2, 0.25) is 0 Å². The molecule has 0 N–H and O–H groups in total. The number of halogens is 2. The summed E-state index contributed by atoms with van der Waals surface area (Å²) in [5, 5.41) is 0.331. The number of likely N-dealkylation sites (tertiary alicyclic amines) is 1. The van der Waals surface area contributed by atoms with Crippen molar-refractivity contribution in [2.24, 2.45) is 0 Å². The molecular formula is C14H17ClFNO. The molecule has 0 radical (unpaired) electrons. The van der Waals surface area contributed by atoms with Gasteiger partial charge in [0, 0.05) is 23.9 Å². The zero-order valence-corrected chi connectivity index (χ0v) is 11.0. The lowest BCUT2D eigenvalue weighted by Crippen LogP contribution is -2.40. The van der Waals surface area contributed by atoms with Crippen molar-refractivity contribution in [3.8, 4) is 5.75 Å². The predicted molar refractivity (Wildman–Crippen MR) is 69.8 cm³/mol. The Kier molecular flexibility index (Phi) is 3.44. The molecule has 2 nitrogen and oxygen atoms in total. The molecule has 1 fully saturated rings. The van der Waals surface area contributed by atoms with Gasteiger partial charge < -0.3 is 4.74 Å². The molecule has 18 heavy (non-hydrogen) atoms. The van der Waals surface area contributed by atoms with E-state index in [-0.39, 0.29) is 11.9 Å². The zero-order valence-electron chi connectivity index (χ0n) is 10.2. The molecule has 1 atom stereocenters. The SMILES string of the molecule is Fc1ccc2c(c1)CC(CN1CCC(Cl)CC1)O2. The van der Waals surface area contributed by atoms with E-state index in [9.17, 15) is 4.39 Å². The van der Waals surface area contributed by atoms with Gasteiger partial charge in [-0.25, -0.2) is 4.39 Å². The van der Waals surface area contributed by atoms with Gasteiger partial charge in [-0.1, -0.05) is 0 Å². The second-order valence-electron chi connectivity index (χ2n) is 5.17. The molecule has 0 bridgehead atoms. The maximum absolute atomic E-state index is 13.1. The molecule has 0 saturated carbocycles. The third-order valence-electron chi connectivity index (χ3n) is 3.74. The summed E-state index contributed by atoms with van der Waals surface area (Å²) in [5.41, 5.74) is 0.993. The highest BCUT2D eigenvalue weighted by Crippen LogP contribution is 2.30. The van der Waals surface area contributed by atoms with E-state index in [0.717, 1.165) is 50.2 Å². The quantitative estimate of drug-likeness (QED) is 0.766. The topological polar surface area (TPSA) is 12.5 Å². The van der Waals surface area contributed by atoms with E-state index in [1.807, 2.05) is 0 Å². The van der Waals surface area contributed by atoms with Gasteiger partial charge in [-0.05, 0) is 44.1 Å². The van der Waals surface area contributed by atoms with Gasteiger partial charge in [0.1, 0.15) is 17.7 Å². The minimum Gasteiger partial charge on any atom is -0.488 e. The van der Waals surface area contributed by atoms with Crippen molar-refractivity contribution in [3.05, 3.63) is 29.6 Å². The van der Waals surface area contributed by atoms with Gasteiger partial charge in [-0.15, -0.1) is 11.6 Å². The molecule has 98 valence electrons. The Balaban J connectivity index is 1.58. The molecule has 1 unspecified atom stereocenters. The summed E-state index contributed by atoms with van der Waals surface area (Å²) in [6.07, 6.45) is 3.08. The second kappa shape index (κ2) is 5.06. The lowest BCUT2D eigenvalue weighted by molar-refractivity contribution is 0.135. The highest BCUT2D eigenvalue weighted by atomic mass is 35.5. The second-order valence-corrected chi connectivity index (χ2v) is 5.79. The Labute approximate surface area is 112 Å². The molecule has 0 aromatic heterocycles. The summed E-state index contributed by atoms with van der Waals surface area (Å²) in [5.74, 6) is 0.662. The van der Waals surface area contributed by atoms with Crippen LogP contribution in [0.5, 0.6) is 5.75 Å². The van der Waals surface area contributed by atoms with Crippen molar-refractivity contribution in [2.45, 2.75) is 30.7 Å². The number of fused-ring (bicyclic) bond motifs is 1. The first kappa shape index (κ1) is 12.2. The minimum absolute atomic E-state index is 0.161. The number of ether oxygens (including phenoxy) is 1. The van der Waals surface area contributed by atoms with Crippen LogP contribution in [0.25, 0.3) is 0 Å². The van der Waals surface area contributed by atoms with Gasteiger partial charge in [0.15, 0.2) is 0 Å². The fourth-order valence-electron chi connectivity index (χ4n) is 2.76. The molecule has 2 heterocycles. The van der Waals surface area contributed by atoms with Crippen LogP contribution >= 0.6 is 11.6 Å². The lowest BCUT2D eigenvalue weighted by Gasteiger charge is -2.30. The van der Waals surface area contributed by atoms with Crippen LogP contribution in [0.4, 0.5) is 4.39 Å². The molecule has 0 aliphatic carbocycles. The van der Waals surface area contributed by atoms with Crippen molar-refractivity contribution in [2.75, 3.05) is 19.6 Å². The molecule has 2 aliphatic rings. The number of hydrogen-bond donors (Lipinski definition) is 0. The smallest absolute Gasteiger partial charge is 0.123 e. The van der Waals surface area contributed by atoms with E-state index in [4.69, 9.17) is 16.3 Å². The van der Waals surface area contributed by atoms with E-state index < -0.39 is 0 Å². The molecule has 0 amide bonds. The zero-order chi connectivity index (χ0) is 12.5. The van der Waals surface area contributed by atoms with Crippen LogP contribution in [0.3, 0.4) is 0 Å². The van der Waals surface area contributed by atoms with Crippen molar-refractivity contribution in [3.63, 3.8) is 0 Å². The first-order valence-electron chi connectivity index (χ1n) is 6.52. The van der Waals surface area contributed by atoms with Crippen molar-refractivity contribution in [1.82, 2.24) is 4.90 Å². The van der Waals surface area contributed by atoms with Crippen LogP contribution in [-0.2, 0) is 6.42 Å². The molecule has 1 saturated heterocycles. The number of alkyl halides is 1. The first-order valence-corrected chi connectivity index (χ1v) is 6.96. The molecule has 1 aromatic carbocycles. The van der Waals surface area contributed by atoms with E-state index in [0.29, 0.717) is 5.38 Å². The highest BCUT2D eigenvalue weighted by Gasteiger charge is 2.27. The molecule has 1 aromatic rings. The monoisotopic (exact) mass is 269 g/mol. The number of piperidine rings is 1. The normalized spacial score (nSPS) is 24.9. The van der Waals surface area contributed by atoms with Crippen LogP contribution in [-0.4, -0.2) is 36.0 Å². The van der Waals surface area contributed by atoms with Crippen LogP contribution in [0.15, 0.2) is 18.2 Å². The summed E-state index contributed by atoms with van der Waals surface area (Å²) in [6, 6.07) is 4.77. The molecule has 4 heteroatoms. The summed E-state index contributed by atoms with van der Waals surface area (Å²) in [6.45, 7) is 3.00. The predicted octanol–water partition coefficient (Wildman–Crippen LogP) is 2.83. The van der Waals surface area contributed by atoms with Crippen LogP contribution in [0.2, 0.25) is 0 Å². The molecule has 0 spiro atoms. The van der Waals surface area contributed by atoms with Gasteiger partial charge >= 0.3 is 0 Å². The number of benzene rings is 1. The maximum Gasteiger partial charge on any atom is 0.123 e. The maximum atomic E-state index is 13.1. The van der Waals surface area contributed by atoms with Crippen LogP contribution < -0.4 is 4.74 Å². The average Bonchev–Trinajstić information content (AvgIpc) is 2.73. The highest BCUT2D eigenvalue weighted by molar-refractivity contribution is 6.20. The molecule has 2 aliphatic heterocycles. The average molecular weight is 270 g/mol. The fraction of sp³-hybridized carbons (Fsp3) is 0.571. The Morgan fingerprint density at radius 1 is 1.33 bits per heavy atom. The lowest BCUT2D eigenvalue weighted by atomic mass is 10.1. The Morgan fingerprint density at radius 2 is 2.11 bits per heavy atom. The van der Waals surface area contributed by atoms with E-state index in [1.54, 1.807) is 12.1 Å². The minimum atomic E-state index is -0.180. The third-order valence-corrected chi connectivity index (χ3v) is 4.18. The van der Waals surface area contributed by atoms with Crippen molar-refractivity contribution >= 4 is 11.6 Å². The summed E-state index contributed by atoms with van der Waals surface area (Å²) < 4.78 is 19.0. The van der Waals surface area contributed by atoms with Gasteiger partial charge in [-0.2, -0.15) is 0 Å². The van der Waals surface area contributed by atoms with E-state index in [2.05, 4.69) is 4.90 Å². The Morgan fingerprint density at radius 3 is 2.89 bits per heavy atom. The summed E-state index contributed by atoms with van der Waals surface area (Å²) in [7, 11) is 0. The van der Waals surface area contributed by atoms with E-state index in [1.165, 1.54) is 6.07 Å². The van der Waals surface area contributed by atoms with Crippen LogP contribution in [0.1, 0.15) is 18.4 Å². The molecule has 3 rings (SSSR count). The number of rotatable bonds is 2. The molecular weight excluding hydrogens is 253 g/mol.